The summed E-state index contributed by atoms with van der Waals surface area (Å²) in [7, 11) is -2.86. The van der Waals surface area contributed by atoms with Crippen LogP contribution in [0.2, 0.25) is 0 Å². The summed E-state index contributed by atoms with van der Waals surface area (Å²) in [6.07, 6.45) is 7.98. The van der Waals surface area contributed by atoms with Crippen molar-refractivity contribution in [3.63, 3.8) is 0 Å². The van der Waals surface area contributed by atoms with Crippen molar-refractivity contribution in [2.45, 2.75) is 45.4 Å². The zero-order valence-electron chi connectivity index (χ0n) is 8.62. The Morgan fingerprint density at radius 2 is 1.54 bits per heavy atom. The van der Waals surface area contributed by atoms with Gasteiger partial charge in [0.2, 0.25) is 0 Å². The maximum absolute atomic E-state index is 8.56. The van der Waals surface area contributed by atoms with Gasteiger partial charge in [-0.15, -0.1) is 0 Å². The zero-order valence-corrected chi connectivity index (χ0v) is 9.44. The Morgan fingerprint density at radius 3 is 1.85 bits per heavy atom. The molecule has 0 rings (SSSR count). The Balaban J connectivity index is -0.000000173. The molecule has 3 nitrogen and oxygen atoms in total. The molecule has 75 valence electrons. The first-order valence-electron chi connectivity index (χ1n) is 4.22. The molecular formula is C8H18LiO3S. The summed E-state index contributed by atoms with van der Waals surface area (Å²) in [5, 5.41) is 0. The zero-order chi connectivity index (χ0) is 9.82. The van der Waals surface area contributed by atoms with Crippen LogP contribution in [0.1, 0.15) is 45.4 Å². The van der Waals surface area contributed by atoms with E-state index in [1.807, 2.05) is 0 Å². The fraction of sp³-hybridized carbons (Fsp3) is 0.875. The molecule has 1 N–H and O–H groups in total. The van der Waals surface area contributed by atoms with Gasteiger partial charge in [0.25, 0.3) is 0 Å². The van der Waals surface area contributed by atoms with E-state index in [2.05, 4.69) is 13.8 Å². The van der Waals surface area contributed by atoms with Gasteiger partial charge < -0.3 is 13.0 Å². The van der Waals surface area contributed by atoms with Gasteiger partial charge in [-0.3, -0.25) is 0 Å². The number of unbranched alkanes of at least 4 members (excludes halogenated alkanes) is 5. The fourth-order valence-electron chi connectivity index (χ4n) is 0.780. The van der Waals surface area contributed by atoms with Gasteiger partial charge in [-0.05, 0) is 0 Å². The molecule has 5 heteroatoms. The van der Waals surface area contributed by atoms with E-state index in [4.69, 9.17) is 13.0 Å². The third-order valence-electron chi connectivity index (χ3n) is 1.35. The average molecular weight is 201 g/mol. The van der Waals surface area contributed by atoms with Crippen molar-refractivity contribution in [3.05, 3.63) is 6.92 Å². The Kier molecular flexibility index (Phi) is 27.0. The van der Waals surface area contributed by atoms with Crippen molar-refractivity contribution >= 4 is 11.0 Å². The van der Waals surface area contributed by atoms with Gasteiger partial charge >= 0.3 is 18.9 Å². The number of hydrogen-bond acceptors (Lipinski definition) is 3. The first-order valence-corrected chi connectivity index (χ1v) is 5.25. The largest absolute Gasteiger partial charge is 1.00 e. The topological polar surface area (TPSA) is 54.4 Å². The molecule has 0 amide bonds. The van der Waals surface area contributed by atoms with E-state index in [-0.39, 0.29) is 18.9 Å². The second-order valence-corrected chi connectivity index (χ2v) is 2.92. The SMILES string of the molecule is O=[S-](=O)O.[CH2]CCCCCCC.[Li+]. The molecule has 0 aliphatic heterocycles. The smallest absolute Gasteiger partial charge is 0.439 e. The summed E-state index contributed by atoms with van der Waals surface area (Å²) in [5.74, 6) is 0. The van der Waals surface area contributed by atoms with Crippen LogP contribution in [0.3, 0.4) is 0 Å². The third-order valence-corrected chi connectivity index (χ3v) is 1.35. The minimum absolute atomic E-state index is 0. The van der Waals surface area contributed by atoms with Crippen LogP contribution in [0.4, 0.5) is 0 Å². The van der Waals surface area contributed by atoms with Crippen LogP contribution >= 0.6 is 0 Å². The molecule has 0 fully saturated rings. The Hall–Kier alpha value is 0.507. The van der Waals surface area contributed by atoms with Gasteiger partial charge in [-0.25, -0.2) is 0 Å². The summed E-state index contributed by atoms with van der Waals surface area (Å²) in [6.45, 7) is 6.02. The van der Waals surface area contributed by atoms with E-state index < -0.39 is 11.0 Å². The first-order chi connectivity index (χ1) is 5.65. The summed E-state index contributed by atoms with van der Waals surface area (Å²) in [5.41, 5.74) is 0. The van der Waals surface area contributed by atoms with Gasteiger partial charge in [0.1, 0.15) is 0 Å². The van der Waals surface area contributed by atoms with E-state index in [9.17, 15) is 0 Å². The molecule has 0 saturated carbocycles. The van der Waals surface area contributed by atoms with Crippen molar-refractivity contribution in [2.75, 3.05) is 0 Å². The summed E-state index contributed by atoms with van der Waals surface area (Å²) >= 11 is 0. The normalized spacial score (nSPS) is 8.62. The monoisotopic (exact) mass is 201 g/mol. The molecule has 0 saturated heterocycles. The second kappa shape index (κ2) is 18.3. The van der Waals surface area contributed by atoms with Crippen LogP contribution in [0.25, 0.3) is 0 Å². The first kappa shape index (κ1) is 19.1. The maximum atomic E-state index is 8.56. The summed E-state index contributed by atoms with van der Waals surface area (Å²) in [6, 6.07) is 0. The molecular weight excluding hydrogens is 183 g/mol. The van der Waals surface area contributed by atoms with Crippen molar-refractivity contribution in [2.24, 2.45) is 0 Å². The number of hydrogen-bond donors (Lipinski definition) is 1. The van der Waals surface area contributed by atoms with Crippen LogP contribution in [0, 0.1) is 6.92 Å². The molecule has 0 bridgehead atoms. The van der Waals surface area contributed by atoms with Crippen LogP contribution < -0.4 is 18.9 Å². The van der Waals surface area contributed by atoms with Crippen LogP contribution in [0.15, 0.2) is 0 Å². The van der Waals surface area contributed by atoms with Crippen LogP contribution in [-0.2, 0) is 19.4 Å². The quantitative estimate of drug-likeness (QED) is 0.223. The summed E-state index contributed by atoms with van der Waals surface area (Å²) < 4.78 is 24.1. The molecule has 0 aliphatic carbocycles. The Bertz CT molecular complexity index is 123. The molecule has 13 heavy (non-hydrogen) atoms. The fourth-order valence-corrected chi connectivity index (χ4v) is 0.780. The minimum atomic E-state index is -2.86. The van der Waals surface area contributed by atoms with Gasteiger partial charge in [0, 0.05) is 11.0 Å². The molecule has 1 radical (unpaired) electrons. The van der Waals surface area contributed by atoms with Gasteiger partial charge in [-0.2, -0.15) is 0 Å². The average Bonchev–Trinajstić information content (AvgIpc) is 1.97. The second-order valence-electron chi connectivity index (χ2n) is 2.48. The van der Waals surface area contributed by atoms with Gasteiger partial charge in [0.15, 0.2) is 0 Å². The maximum Gasteiger partial charge on any atom is 1.00 e. The van der Waals surface area contributed by atoms with Crippen molar-refractivity contribution in [1.29, 1.82) is 0 Å². The summed E-state index contributed by atoms with van der Waals surface area (Å²) in [4.78, 5) is 0. The van der Waals surface area contributed by atoms with Crippen LogP contribution in [0.5, 0.6) is 0 Å². The molecule has 0 atom stereocenters. The minimum Gasteiger partial charge on any atom is -0.439 e. The predicted molar refractivity (Wildman–Crippen MR) is 50.1 cm³/mol. The van der Waals surface area contributed by atoms with Crippen molar-refractivity contribution < 1.29 is 31.8 Å². The molecule has 0 unspecified atom stereocenters. The van der Waals surface area contributed by atoms with Crippen LogP contribution in [-0.4, -0.2) is 4.55 Å². The van der Waals surface area contributed by atoms with E-state index in [1.54, 1.807) is 0 Å². The van der Waals surface area contributed by atoms with Crippen molar-refractivity contribution in [3.8, 4) is 0 Å². The van der Waals surface area contributed by atoms with Crippen molar-refractivity contribution in [1.82, 2.24) is 0 Å². The molecule has 0 spiro atoms. The van der Waals surface area contributed by atoms with E-state index >= 15 is 0 Å². The van der Waals surface area contributed by atoms with Gasteiger partial charge in [0.05, 0.1) is 0 Å². The van der Waals surface area contributed by atoms with Gasteiger partial charge in [-0.1, -0.05) is 52.4 Å². The Morgan fingerprint density at radius 1 is 1.15 bits per heavy atom. The van der Waals surface area contributed by atoms with E-state index in [0.29, 0.717) is 0 Å². The van der Waals surface area contributed by atoms with E-state index in [1.165, 1.54) is 32.1 Å². The predicted octanol–water partition coefficient (Wildman–Crippen LogP) is -0.0463. The molecule has 0 aromatic rings. The molecule has 0 aromatic carbocycles. The number of rotatable bonds is 5. The molecule has 0 aromatic heterocycles. The van der Waals surface area contributed by atoms with E-state index in [0.717, 1.165) is 6.42 Å². The third kappa shape index (κ3) is 45.5. The Labute approximate surface area is 95.3 Å². The molecule has 0 aliphatic rings. The standard InChI is InChI=1S/C8H17.Li.HO3S/c1-3-5-7-8-6-4-2;;1-4(2)3/h1,3-8H2,2H3;;(H,1,2,3)/q;+1;-1. The molecule has 0 heterocycles.